The van der Waals surface area contributed by atoms with Crippen LogP contribution in [0.1, 0.15) is 0 Å². The van der Waals surface area contributed by atoms with E-state index in [1.807, 2.05) is 11.9 Å². The van der Waals surface area contributed by atoms with Crippen LogP contribution >= 0.6 is 12.4 Å². The number of amides is 1. The van der Waals surface area contributed by atoms with Crippen LogP contribution in [0.3, 0.4) is 0 Å². The molecule has 0 aromatic heterocycles. The maximum Gasteiger partial charge on any atom is 0.419 e. The van der Waals surface area contributed by atoms with Gasteiger partial charge in [0.1, 0.15) is 0 Å². The Hall–Kier alpha value is -0.570. The minimum Gasteiger partial charge on any atom is -0.464 e. The molecule has 0 radical (unpaired) electrons. The number of nitrogens with zero attached hydrogens (tertiary/aromatic N) is 2. The molecule has 0 aliphatic carbocycles. The predicted octanol–water partition coefficient (Wildman–Crippen LogP) is -0.832. The summed E-state index contributed by atoms with van der Waals surface area (Å²) in [4.78, 5) is 12.2. The number of nitrogens with one attached hydrogen (secondary N) is 1. The first kappa shape index (κ1) is 14.4. The maximum atomic E-state index is 11.3. The number of halogens is 1. The first-order chi connectivity index (χ1) is 6.42. The fourth-order valence-corrected chi connectivity index (χ4v) is 2.20. The lowest BCUT2D eigenvalue weighted by atomic mass is 10.4. The van der Waals surface area contributed by atoms with Gasteiger partial charge >= 0.3 is 16.3 Å². The maximum absolute atomic E-state index is 11.3. The second kappa shape index (κ2) is 5.50. The molecule has 0 unspecified atom stereocenters. The Morgan fingerprint density at radius 2 is 1.73 bits per heavy atom. The van der Waals surface area contributed by atoms with E-state index in [4.69, 9.17) is 5.11 Å². The van der Waals surface area contributed by atoms with Crippen molar-refractivity contribution in [3.8, 4) is 0 Å². The first-order valence-corrected chi connectivity index (χ1v) is 5.55. The first-order valence-electron chi connectivity index (χ1n) is 4.11. The Bertz CT molecular complexity index is 312. The topological polar surface area (TPSA) is 90.0 Å². The van der Waals surface area contributed by atoms with Gasteiger partial charge in [-0.15, -0.1) is 12.4 Å². The molecule has 0 aromatic rings. The molecule has 1 saturated heterocycles. The van der Waals surface area contributed by atoms with Crippen molar-refractivity contribution >= 4 is 28.7 Å². The summed E-state index contributed by atoms with van der Waals surface area (Å²) in [7, 11) is -1.97. The minimum absolute atomic E-state index is 0. The van der Waals surface area contributed by atoms with Crippen molar-refractivity contribution in [2.75, 3.05) is 33.2 Å². The van der Waals surface area contributed by atoms with Crippen LogP contribution in [0.4, 0.5) is 4.79 Å². The van der Waals surface area contributed by atoms with Crippen LogP contribution in [0.5, 0.6) is 0 Å². The number of likely N-dealkylation sites (N-methyl/N-ethyl adjacent to an activating group) is 1. The van der Waals surface area contributed by atoms with Crippen molar-refractivity contribution in [1.29, 1.82) is 0 Å². The van der Waals surface area contributed by atoms with Gasteiger partial charge in [-0.1, -0.05) is 0 Å². The SMILES string of the molecule is CN1CCN(S(=O)(=O)NC(=O)O)CC1.Cl. The number of rotatable bonds is 2. The molecule has 0 atom stereocenters. The van der Waals surface area contributed by atoms with Crippen LogP contribution < -0.4 is 4.72 Å². The number of carbonyl (C=O) groups is 1. The molecule has 1 aliphatic heterocycles. The molecule has 0 spiro atoms. The third-order valence-electron chi connectivity index (χ3n) is 2.02. The van der Waals surface area contributed by atoms with E-state index in [2.05, 4.69) is 0 Å². The Kier molecular flexibility index (Phi) is 5.29. The van der Waals surface area contributed by atoms with Crippen molar-refractivity contribution in [2.45, 2.75) is 0 Å². The average Bonchev–Trinajstić information content (AvgIpc) is 2.02. The van der Waals surface area contributed by atoms with Gasteiger partial charge in [-0.25, -0.2) is 9.52 Å². The largest absolute Gasteiger partial charge is 0.464 e. The molecule has 1 aliphatic rings. The molecule has 1 rings (SSSR count). The van der Waals surface area contributed by atoms with Gasteiger partial charge in [0.2, 0.25) is 0 Å². The van der Waals surface area contributed by atoms with Crippen LogP contribution in [0.25, 0.3) is 0 Å². The Labute approximate surface area is 94.6 Å². The molecule has 0 bridgehead atoms. The van der Waals surface area contributed by atoms with E-state index in [1.54, 1.807) is 0 Å². The van der Waals surface area contributed by atoms with Gasteiger partial charge in [-0.3, -0.25) is 0 Å². The van der Waals surface area contributed by atoms with Gasteiger partial charge in [-0.05, 0) is 7.05 Å². The number of hydrogen-bond donors (Lipinski definition) is 2. The minimum atomic E-state index is -3.85. The molecule has 7 nitrogen and oxygen atoms in total. The van der Waals surface area contributed by atoms with Gasteiger partial charge in [0, 0.05) is 26.2 Å². The molecule has 1 amide bonds. The van der Waals surface area contributed by atoms with Crippen molar-refractivity contribution in [1.82, 2.24) is 13.9 Å². The molecule has 0 aromatic carbocycles. The van der Waals surface area contributed by atoms with Gasteiger partial charge in [0.15, 0.2) is 0 Å². The van der Waals surface area contributed by atoms with Gasteiger partial charge < -0.3 is 10.0 Å². The summed E-state index contributed by atoms with van der Waals surface area (Å²) in [6, 6.07) is 0. The summed E-state index contributed by atoms with van der Waals surface area (Å²) < 4.78 is 25.3. The average molecular weight is 260 g/mol. The molecule has 2 N–H and O–H groups in total. The van der Waals surface area contributed by atoms with Gasteiger partial charge in [-0.2, -0.15) is 12.7 Å². The van der Waals surface area contributed by atoms with E-state index in [1.165, 1.54) is 4.72 Å². The lowest BCUT2D eigenvalue weighted by Gasteiger charge is -2.30. The molecule has 90 valence electrons. The molecule has 9 heteroatoms. The summed E-state index contributed by atoms with van der Waals surface area (Å²) in [5, 5.41) is 8.30. The lowest BCUT2D eigenvalue weighted by molar-refractivity contribution is 0.197. The van der Waals surface area contributed by atoms with E-state index in [0.717, 1.165) is 4.31 Å². The fourth-order valence-electron chi connectivity index (χ4n) is 1.20. The normalized spacial score (nSPS) is 19.3. The zero-order valence-corrected chi connectivity index (χ0v) is 9.84. The Morgan fingerprint density at radius 1 is 1.27 bits per heavy atom. The van der Waals surface area contributed by atoms with E-state index in [0.29, 0.717) is 26.2 Å². The van der Waals surface area contributed by atoms with Crippen LogP contribution in [-0.2, 0) is 10.2 Å². The summed E-state index contributed by atoms with van der Waals surface area (Å²) in [6.45, 7) is 1.86. The Morgan fingerprint density at radius 3 is 2.13 bits per heavy atom. The summed E-state index contributed by atoms with van der Waals surface area (Å²) >= 11 is 0. The fraction of sp³-hybridized carbons (Fsp3) is 0.833. The third-order valence-corrected chi connectivity index (χ3v) is 3.50. The lowest BCUT2D eigenvalue weighted by Crippen LogP contribution is -2.51. The predicted molar refractivity (Wildman–Crippen MR) is 56.4 cm³/mol. The monoisotopic (exact) mass is 259 g/mol. The van der Waals surface area contributed by atoms with Gasteiger partial charge in [0.05, 0.1) is 0 Å². The molecule has 1 heterocycles. The second-order valence-electron chi connectivity index (χ2n) is 3.11. The van der Waals surface area contributed by atoms with Crippen molar-refractivity contribution in [3.05, 3.63) is 0 Å². The quantitative estimate of drug-likeness (QED) is 0.676. The standard InChI is InChI=1S/C6H13N3O4S.ClH/c1-8-2-4-9(5-3-8)14(12,13)7-6(10)11;/h7H,2-5H2,1H3,(H,10,11);1H. The van der Waals surface area contributed by atoms with Crippen LogP contribution in [0.2, 0.25) is 0 Å². The van der Waals surface area contributed by atoms with Crippen molar-refractivity contribution in [2.24, 2.45) is 0 Å². The third kappa shape index (κ3) is 4.20. The number of carboxylic acid groups (broad SMARTS) is 1. The zero-order chi connectivity index (χ0) is 10.8. The second-order valence-corrected chi connectivity index (χ2v) is 4.79. The highest BCUT2D eigenvalue weighted by Gasteiger charge is 2.26. The van der Waals surface area contributed by atoms with E-state index in [-0.39, 0.29) is 12.4 Å². The van der Waals surface area contributed by atoms with E-state index < -0.39 is 16.3 Å². The van der Waals surface area contributed by atoms with Crippen LogP contribution in [0, 0.1) is 0 Å². The highest BCUT2D eigenvalue weighted by molar-refractivity contribution is 7.87. The molecular weight excluding hydrogens is 246 g/mol. The summed E-state index contributed by atoms with van der Waals surface area (Å²) in [5.41, 5.74) is 0. The summed E-state index contributed by atoms with van der Waals surface area (Å²) in [6.07, 6.45) is -1.55. The smallest absolute Gasteiger partial charge is 0.419 e. The molecule has 1 fully saturated rings. The van der Waals surface area contributed by atoms with Crippen LogP contribution in [0.15, 0.2) is 0 Å². The van der Waals surface area contributed by atoms with Gasteiger partial charge in [0.25, 0.3) is 0 Å². The molecule has 0 saturated carbocycles. The van der Waals surface area contributed by atoms with Crippen molar-refractivity contribution < 1.29 is 18.3 Å². The summed E-state index contributed by atoms with van der Waals surface area (Å²) in [5.74, 6) is 0. The zero-order valence-electron chi connectivity index (χ0n) is 8.21. The van der Waals surface area contributed by atoms with Crippen molar-refractivity contribution in [3.63, 3.8) is 0 Å². The van der Waals surface area contributed by atoms with E-state index in [9.17, 15) is 13.2 Å². The van der Waals surface area contributed by atoms with Crippen LogP contribution in [-0.4, -0.2) is 62.0 Å². The Balaban J connectivity index is 0.00000196. The molecule has 15 heavy (non-hydrogen) atoms. The number of hydrogen-bond acceptors (Lipinski definition) is 4. The highest BCUT2D eigenvalue weighted by Crippen LogP contribution is 2.03. The molecular formula is C6H14ClN3O4S. The van der Waals surface area contributed by atoms with E-state index >= 15 is 0 Å². The highest BCUT2D eigenvalue weighted by atomic mass is 35.5. The number of piperazine rings is 1.